The smallest absolute Gasteiger partial charge is 0.0565 e. The van der Waals surface area contributed by atoms with Gasteiger partial charge < -0.3 is 10.5 Å². The van der Waals surface area contributed by atoms with Crippen LogP contribution in [-0.2, 0) is 4.74 Å². The Morgan fingerprint density at radius 2 is 2.15 bits per heavy atom. The second-order valence-corrected chi connectivity index (χ2v) is 6.41. The molecule has 110 valence electrons. The van der Waals surface area contributed by atoms with Crippen LogP contribution in [0.2, 0.25) is 0 Å². The number of hydrogen-bond donors (Lipinski definition) is 1. The van der Waals surface area contributed by atoms with Crippen molar-refractivity contribution < 1.29 is 4.74 Å². The van der Waals surface area contributed by atoms with Crippen molar-refractivity contribution in [1.82, 2.24) is 4.90 Å². The molecular weight excluding hydrogens is 248 g/mol. The van der Waals surface area contributed by atoms with Crippen LogP contribution in [0.3, 0.4) is 0 Å². The van der Waals surface area contributed by atoms with E-state index in [0.717, 1.165) is 32.5 Å². The Bertz CT molecular complexity index is 436. The average molecular weight is 274 g/mol. The molecule has 1 aromatic rings. The first-order valence-corrected chi connectivity index (χ1v) is 7.85. The number of nitrogens with two attached hydrogens (primary N) is 1. The van der Waals surface area contributed by atoms with E-state index < -0.39 is 0 Å². The van der Waals surface area contributed by atoms with E-state index in [9.17, 15) is 0 Å². The standard InChI is InChI=1S/C17H26N2O/c1-14-11-17(13-18,8-10-20-14)19-9-7-16(12-19)15-5-3-2-4-6-15/h2-6,14,16H,7-13,18H2,1H3. The van der Waals surface area contributed by atoms with Gasteiger partial charge in [0.2, 0.25) is 0 Å². The molecule has 3 unspecified atom stereocenters. The number of nitrogens with zero attached hydrogens (tertiary/aromatic N) is 1. The molecule has 1 aromatic carbocycles. The molecule has 0 aromatic heterocycles. The fourth-order valence-electron chi connectivity index (χ4n) is 3.94. The number of rotatable bonds is 3. The van der Waals surface area contributed by atoms with E-state index in [1.54, 1.807) is 0 Å². The minimum atomic E-state index is 0.168. The SMILES string of the molecule is CC1CC(CN)(N2CCC(c3ccccc3)C2)CCO1. The number of hydrogen-bond acceptors (Lipinski definition) is 3. The molecule has 2 N–H and O–H groups in total. The molecule has 3 rings (SSSR count). The lowest BCUT2D eigenvalue weighted by Crippen LogP contribution is -2.57. The highest BCUT2D eigenvalue weighted by molar-refractivity contribution is 5.21. The van der Waals surface area contributed by atoms with Crippen LogP contribution in [0.25, 0.3) is 0 Å². The predicted octanol–water partition coefficient (Wildman–Crippen LogP) is 2.37. The van der Waals surface area contributed by atoms with E-state index in [1.165, 1.54) is 18.5 Å². The van der Waals surface area contributed by atoms with Gasteiger partial charge in [-0.25, -0.2) is 0 Å². The first-order chi connectivity index (χ1) is 9.73. The van der Waals surface area contributed by atoms with E-state index in [2.05, 4.69) is 42.2 Å². The van der Waals surface area contributed by atoms with Crippen LogP contribution in [0.15, 0.2) is 30.3 Å². The molecule has 0 bridgehead atoms. The Morgan fingerprint density at radius 1 is 1.35 bits per heavy atom. The largest absolute Gasteiger partial charge is 0.378 e. The lowest BCUT2D eigenvalue weighted by Gasteiger charge is -2.46. The Balaban J connectivity index is 1.72. The number of benzene rings is 1. The molecule has 2 aliphatic rings. The zero-order chi connectivity index (χ0) is 14.0. The van der Waals surface area contributed by atoms with Gasteiger partial charge in [0.05, 0.1) is 6.10 Å². The molecule has 0 amide bonds. The van der Waals surface area contributed by atoms with E-state index in [1.807, 2.05) is 0 Å². The van der Waals surface area contributed by atoms with Crippen molar-refractivity contribution in [1.29, 1.82) is 0 Å². The molecule has 0 saturated carbocycles. The lowest BCUT2D eigenvalue weighted by atomic mass is 9.85. The molecule has 2 saturated heterocycles. The highest BCUT2D eigenvalue weighted by atomic mass is 16.5. The fraction of sp³-hybridized carbons (Fsp3) is 0.647. The summed E-state index contributed by atoms with van der Waals surface area (Å²) in [6.07, 6.45) is 3.74. The topological polar surface area (TPSA) is 38.5 Å². The molecule has 0 aliphatic carbocycles. The predicted molar refractivity (Wildman–Crippen MR) is 81.8 cm³/mol. The summed E-state index contributed by atoms with van der Waals surface area (Å²) in [5.41, 5.74) is 7.81. The molecule has 3 nitrogen and oxygen atoms in total. The molecule has 3 atom stereocenters. The zero-order valence-corrected chi connectivity index (χ0v) is 12.4. The van der Waals surface area contributed by atoms with Gasteiger partial charge in [-0.3, -0.25) is 4.90 Å². The van der Waals surface area contributed by atoms with E-state index >= 15 is 0 Å². The normalized spacial score (nSPS) is 35.3. The van der Waals surface area contributed by atoms with Gasteiger partial charge in [-0.05, 0) is 44.2 Å². The van der Waals surface area contributed by atoms with Crippen LogP contribution in [-0.4, -0.2) is 42.8 Å². The third-order valence-corrected chi connectivity index (χ3v) is 5.15. The molecule has 0 radical (unpaired) electrons. The van der Waals surface area contributed by atoms with Crippen LogP contribution >= 0.6 is 0 Å². The molecule has 2 fully saturated rings. The van der Waals surface area contributed by atoms with Gasteiger partial charge in [-0.1, -0.05) is 30.3 Å². The quantitative estimate of drug-likeness (QED) is 0.919. The molecule has 2 aliphatic heterocycles. The van der Waals surface area contributed by atoms with Crippen molar-refractivity contribution >= 4 is 0 Å². The third-order valence-electron chi connectivity index (χ3n) is 5.15. The second-order valence-electron chi connectivity index (χ2n) is 6.41. The van der Waals surface area contributed by atoms with Crippen LogP contribution < -0.4 is 5.73 Å². The summed E-state index contributed by atoms with van der Waals surface area (Å²) >= 11 is 0. The Hall–Kier alpha value is -0.900. The summed E-state index contributed by atoms with van der Waals surface area (Å²) < 4.78 is 5.72. The maximum Gasteiger partial charge on any atom is 0.0565 e. The van der Waals surface area contributed by atoms with Gasteiger partial charge in [0, 0.05) is 25.2 Å². The number of likely N-dealkylation sites (tertiary alicyclic amines) is 1. The molecular formula is C17H26N2O. The van der Waals surface area contributed by atoms with Crippen molar-refractivity contribution in [2.24, 2.45) is 5.73 Å². The third kappa shape index (κ3) is 2.62. The van der Waals surface area contributed by atoms with E-state index in [4.69, 9.17) is 10.5 Å². The van der Waals surface area contributed by atoms with Crippen LogP contribution in [0.4, 0.5) is 0 Å². The summed E-state index contributed by atoms with van der Waals surface area (Å²) in [5, 5.41) is 0. The Kier molecular flexibility index (Phi) is 4.11. The Morgan fingerprint density at radius 3 is 2.85 bits per heavy atom. The van der Waals surface area contributed by atoms with Crippen molar-refractivity contribution in [2.75, 3.05) is 26.2 Å². The van der Waals surface area contributed by atoms with Crippen molar-refractivity contribution in [3.05, 3.63) is 35.9 Å². The average Bonchev–Trinajstić information content (AvgIpc) is 2.98. The van der Waals surface area contributed by atoms with Crippen molar-refractivity contribution in [3.63, 3.8) is 0 Å². The first kappa shape index (κ1) is 14.1. The highest BCUT2D eigenvalue weighted by Crippen LogP contribution is 2.37. The summed E-state index contributed by atoms with van der Waals surface area (Å²) in [4.78, 5) is 2.64. The number of ether oxygens (including phenoxy) is 1. The maximum absolute atomic E-state index is 6.17. The monoisotopic (exact) mass is 274 g/mol. The van der Waals surface area contributed by atoms with Crippen LogP contribution in [0.5, 0.6) is 0 Å². The van der Waals surface area contributed by atoms with Gasteiger partial charge in [0.25, 0.3) is 0 Å². The van der Waals surface area contributed by atoms with Crippen molar-refractivity contribution in [3.8, 4) is 0 Å². The van der Waals surface area contributed by atoms with Gasteiger partial charge in [0.1, 0.15) is 0 Å². The highest BCUT2D eigenvalue weighted by Gasteiger charge is 2.42. The van der Waals surface area contributed by atoms with Gasteiger partial charge in [-0.2, -0.15) is 0 Å². The summed E-state index contributed by atoms with van der Waals surface area (Å²) in [6, 6.07) is 10.9. The Labute approximate surface area is 122 Å². The van der Waals surface area contributed by atoms with Gasteiger partial charge in [-0.15, -0.1) is 0 Å². The van der Waals surface area contributed by atoms with Gasteiger partial charge in [0.15, 0.2) is 0 Å². The first-order valence-electron chi connectivity index (χ1n) is 7.85. The van der Waals surface area contributed by atoms with Gasteiger partial charge >= 0.3 is 0 Å². The van der Waals surface area contributed by atoms with E-state index in [-0.39, 0.29) is 5.54 Å². The molecule has 2 heterocycles. The van der Waals surface area contributed by atoms with E-state index in [0.29, 0.717) is 12.0 Å². The second kappa shape index (κ2) is 5.84. The minimum Gasteiger partial charge on any atom is -0.378 e. The summed E-state index contributed by atoms with van der Waals surface area (Å²) in [5.74, 6) is 0.665. The van der Waals surface area contributed by atoms with Crippen LogP contribution in [0, 0.1) is 0 Å². The molecule has 20 heavy (non-hydrogen) atoms. The maximum atomic E-state index is 6.17. The minimum absolute atomic E-state index is 0.168. The molecule has 3 heteroatoms. The van der Waals surface area contributed by atoms with Crippen LogP contribution in [0.1, 0.15) is 37.7 Å². The zero-order valence-electron chi connectivity index (χ0n) is 12.4. The molecule has 0 spiro atoms. The fourth-order valence-corrected chi connectivity index (χ4v) is 3.94. The summed E-state index contributed by atoms with van der Waals surface area (Å²) in [6.45, 7) is 6.10. The summed E-state index contributed by atoms with van der Waals surface area (Å²) in [7, 11) is 0. The lowest BCUT2D eigenvalue weighted by molar-refractivity contribution is -0.0571. The van der Waals surface area contributed by atoms with Crippen molar-refractivity contribution in [2.45, 2.75) is 43.7 Å².